The van der Waals surface area contributed by atoms with Crippen molar-refractivity contribution in [1.82, 2.24) is 14.8 Å². The molecule has 148 valence electrons. The first-order valence-electron chi connectivity index (χ1n) is 8.46. The average Bonchev–Trinajstić information content (AvgIpc) is 3.36. The van der Waals surface area contributed by atoms with Gasteiger partial charge in [-0.15, -0.1) is 10.2 Å². The molecule has 0 radical (unpaired) electrons. The number of nitrogens with zero attached hydrogens (tertiary/aromatic N) is 3. The Morgan fingerprint density at radius 1 is 0.966 bits per heavy atom. The maximum Gasteiger partial charge on any atom is 0.416 e. The average molecular weight is 419 g/mol. The van der Waals surface area contributed by atoms with E-state index in [9.17, 15) is 17.6 Å². The molecule has 0 amide bonds. The van der Waals surface area contributed by atoms with E-state index in [1.165, 1.54) is 36.2 Å². The Morgan fingerprint density at radius 2 is 1.76 bits per heavy atom. The van der Waals surface area contributed by atoms with Crippen molar-refractivity contribution in [3.63, 3.8) is 0 Å². The number of hydrogen-bond acceptors (Lipinski definition) is 4. The third-order valence-corrected chi connectivity index (χ3v) is 5.08. The lowest BCUT2D eigenvalue weighted by molar-refractivity contribution is -0.137. The zero-order valence-corrected chi connectivity index (χ0v) is 15.5. The first-order valence-corrected chi connectivity index (χ1v) is 9.44. The van der Waals surface area contributed by atoms with Crippen molar-refractivity contribution in [2.75, 3.05) is 0 Å². The molecule has 0 bridgehead atoms. The summed E-state index contributed by atoms with van der Waals surface area (Å²) in [4.78, 5) is 0. The molecular weight excluding hydrogens is 406 g/mol. The molecular formula is C20H13F4N3OS. The van der Waals surface area contributed by atoms with Gasteiger partial charge in [-0.1, -0.05) is 30.0 Å². The zero-order chi connectivity index (χ0) is 20.4. The van der Waals surface area contributed by atoms with Crippen LogP contribution in [0.3, 0.4) is 0 Å². The summed E-state index contributed by atoms with van der Waals surface area (Å²) in [6.07, 6.45) is -2.91. The van der Waals surface area contributed by atoms with E-state index in [-0.39, 0.29) is 11.6 Å². The van der Waals surface area contributed by atoms with E-state index >= 15 is 0 Å². The van der Waals surface area contributed by atoms with E-state index in [0.29, 0.717) is 28.0 Å². The Hall–Kier alpha value is -3.07. The van der Waals surface area contributed by atoms with Crippen LogP contribution in [0, 0.1) is 5.82 Å². The van der Waals surface area contributed by atoms with Gasteiger partial charge < -0.3 is 4.42 Å². The Morgan fingerprint density at radius 3 is 2.45 bits per heavy atom. The maximum atomic E-state index is 13.4. The molecule has 9 heteroatoms. The van der Waals surface area contributed by atoms with Gasteiger partial charge in [0.15, 0.2) is 10.9 Å². The second kappa shape index (κ2) is 7.75. The minimum absolute atomic E-state index is 0.251. The summed E-state index contributed by atoms with van der Waals surface area (Å²) in [5.41, 5.74) is 0.402. The monoisotopic (exact) mass is 419 g/mol. The van der Waals surface area contributed by atoms with Gasteiger partial charge >= 0.3 is 6.18 Å². The summed E-state index contributed by atoms with van der Waals surface area (Å²) in [6, 6.07) is 14.3. The van der Waals surface area contributed by atoms with E-state index in [0.717, 1.165) is 12.1 Å². The van der Waals surface area contributed by atoms with Crippen molar-refractivity contribution in [2.45, 2.75) is 17.1 Å². The number of thioether (sulfide) groups is 1. The van der Waals surface area contributed by atoms with Crippen LogP contribution in [0.1, 0.15) is 11.1 Å². The highest BCUT2D eigenvalue weighted by Gasteiger charge is 2.30. The number of alkyl halides is 3. The second-order valence-electron chi connectivity index (χ2n) is 6.08. The van der Waals surface area contributed by atoms with Gasteiger partial charge in [0, 0.05) is 5.75 Å². The highest BCUT2D eigenvalue weighted by Crippen LogP contribution is 2.33. The fourth-order valence-corrected chi connectivity index (χ4v) is 3.63. The number of rotatable bonds is 5. The fourth-order valence-electron chi connectivity index (χ4n) is 2.74. The zero-order valence-electron chi connectivity index (χ0n) is 14.7. The van der Waals surface area contributed by atoms with Crippen LogP contribution in [0.4, 0.5) is 17.6 Å². The Kier molecular flexibility index (Phi) is 5.14. The number of hydrogen-bond donors (Lipinski definition) is 0. The molecule has 0 fully saturated rings. The van der Waals surface area contributed by atoms with Crippen molar-refractivity contribution in [2.24, 2.45) is 0 Å². The van der Waals surface area contributed by atoms with Crippen molar-refractivity contribution in [3.05, 3.63) is 83.9 Å². The van der Waals surface area contributed by atoms with Gasteiger partial charge in [0.2, 0.25) is 5.82 Å². The summed E-state index contributed by atoms with van der Waals surface area (Å²) >= 11 is 1.22. The minimum atomic E-state index is -4.40. The number of furan rings is 1. The van der Waals surface area contributed by atoms with Crippen LogP contribution in [0.25, 0.3) is 17.3 Å². The Labute approximate surface area is 167 Å². The van der Waals surface area contributed by atoms with Crippen LogP contribution in [0.15, 0.2) is 76.5 Å². The van der Waals surface area contributed by atoms with Gasteiger partial charge in [-0.3, -0.25) is 4.57 Å². The van der Waals surface area contributed by atoms with E-state index in [4.69, 9.17) is 4.42 Å². The van der Waals surface area contributed by atoms with Gasteiger partial charge in [0.25, 0.3) is 0 Å². The summed E-state index contributed by atoms with van der Waals surface area (Å²) in [7, 11) is 0. The van der Waals surface area contributed by atoms with Gasteiger partial charge in [-0.25, -0.2) is 4.39 Å². The van der Waals surface area contributed by atoms with Crippen molar-refractivity contribution >= 4 is 11.8 Å². The summed E-state index contributed by atoms with van der Waals surface area (Å²) in [5.74, 6) is 0.738. The number of aromatic nitrogens is 3. The van der Waals surface area contributed by atoms with Crippen LogP contribution in [0.5, 0.6) is 0 Å². The van der Waals surface area contributed by atoms with Crippen LogP contribution in [0.2, 0.25) is 0 Å². The van der Waals surface area contributed by atoms with Crippen LogP contribution in [-0.4, -0.2) is 14.8 Å². The van der Waals surface area contributed by atoms with Gasteiger partial charge in [-0.2, -0.15) is 13.2 Å². The molecule has 0 atom stereocenters. The largest absolute Gasteiger partial charge is 0.461 e. The van der Waals surface area contributed by atoms with Crippen molar-refractivity contribution in [3.8, 4) is 17.3 Å². The molecule has 2 aromatic carbocycles. The summed E-state index contributed by atoms with van der Waals surface area (Å²) < 4.78 is 59.2. The third kappa shape index (κ3) is 4.19. The lowest BCUT2D eigenvalue weighted by Crippen LogP contribution is -2.05. The summed E-state index contributed by atoms with van der Waals surface area (Å²) in [6.45, 7) is 0. The van der Waals surface area contributed by atoms with E-state index in [1.54, 1.807) is 34.9 Å². The first-order chi connectivity index (χ1) is 13.9. The Bertz CT molecular complexity index is 1110. The predicted octanol–water partition coefficient (Wildman–Crippen LogP) is 5.98. The SMILES string of the molecule is Fc1ccc(-n2c(SCc3cccc(C(F)(F)F)c3)nnc2-c2ccco2)cc1. The summed E-state index contributed by atoms with van der Waals surface area (Å²) in [5, 5.41) is 8.75. The topological polar surface area (TPSA) is 43.9 Å². The maximum absolute atomic E-state index is 13.4. The molecule has 0 spiro atoms. The van der Waals surface area contributed by atoms with Crippen molar-refractivity contribution < 1.29 is 22.0 Å². The molecule has 0 saturated heterocycles. The quantitative estimate of drug-likeness (QED) is 0.295. The van der Waals surface area contributed by atoms with E-state index in [2.05, 4.69) is 10.2 Å². The molecule has 2 heterocycles. The highest BCUT2D eigenvalue weighted by atomic mass is 32.2. The highest BCUT2D eigenvalue weighted by molar-refractivity contribution is 7.98. The smallest absolute Gasteiger partial charge is 0.416 e. The predicted molar refractivity (Wildman–Crippen MR) is 100 cm³/mol. The molecule has 4 nitrogen and oxygen atoms in total. The van der Waals surface area contributed by atoms with Crippen LogP contribution < -0.4 is 0 Å². The third-order valence-electron chi connectivity index (χ3n) is 4.08. The van der Waals surface area contributed by atoms with Crippen LogP contribution >= 0.6 is 11.8 Å². The molecule has 2 aromatic heterocycles. The van der Waals surface area contributed by atoms with Gasteiger partial charge in [0.1, 0.15) is 5.82 Å². The standard InChI is InChI=1S/C20H13F4N3OS/c21-15-6-8-16(9-7-15)27-18(17-5-2-10-28-17)25-26-19(27)29-12-13-3-1-4-14(11-13)20(22,23)24/h1-11H,12H2. The molecule has 0 aliphatic carbocycles. The van der Waals surface area contributed by atoms with E-state index in [1.807, 2.05) is 0 Å². The fraction of sp³-hybridized carbons (Fsp3) is 0.100. The Balaban J connectivity index is 1.67. The molecule has 29 heavy (non-hydrogen) atoms. The number of benzene rings is 2. The molecule has 0 unspecified atom stereocenters. The molecule has 4 rings (SSSR count). The lowest BCUT2D eigenvalue weighted by Gasteiger charge is -2.10. The van der Waals surface area contributed by atoms with Crippen molar-refractivity contribution in [1.29, 1.82) is 0 Å². The first kappa shape index (κ1) is 19.3. The second-order valence-corrected chi connectivity index (χ2v) is 7.02. The molecule has 0 aliphatic rings. The lowest BCUT2D eigenvalue weighted by atomic mass is 10.1. The molecule has 4 aromatic rings. The minimum Gasteiger partial charge on any atom is -0.461 e. The number of halogens is 4. The molecule has 0 N–H and O–H groups in total. The molecule has 0 saturated carbocycles. The van der Waals surface area contributed by atoms with Crippen LogP contribution in [-0.2, 0) is 11.9 Å². The molecule has 0 aliphatic heterocycles. The van der Waals surface area contributed by atoms with Gasteiger partial charge in [-0.05, 0) is 48.0 Å². The van der Waals surface area contributed by atoms with E-state index < -0.39 is 11.7 Å². The normalized spacial score (nSPS) is 11.7. The van der Waals surface area contributed by atoms with Gasteiger partial charge in [0.05, 0.1) is 17.5 Å².